The molecule has 0 unspecified atom stereocenters. The first-order valence-electron chi connectivity index (χ1n) is 5.31. The maximum Gasteiger partial charge on any atom is 0.317 e. The smallest absolute Gasteiger partial charge is 0.317 e. The molecule has 1 aliphatic carbocycles. The van der Waals surface area contributed by atoms with Gasteiger partial charge >= 0.3 is 5.97 Å². The van der Waals surface area contributed by atoms with Gasteiger partial charge in [-0.3, -0.25) is 9.69 Å². The van der Waals surface area contributed by atoms with E-state index >= 15 is 0 Å². The highest BCUT2D eigenvalue weighted by Gasteiger charge is 2.34. The van der Waals surface area contributed by atoms with Crippen molar-refractivity contribution >= 4 is 5.97 Å². The monoisotopic (exact) mass is 199 g/mol. The normalized spacial score (nSPS) is 33.7. The summed E-state index contributed by atoms with van der Waals surface area (Å²) in [6, 6.07) is 0.452. The third kappa shape index (κ3) is 2.07. The predicted octanol–water partition coefficient (Wildman–Crippen LogP) is 0.572. The van der Waals surface area contributed by atoms with Crippen LogP contribution in [0.25, 0.3) is 0 Å². The minimum atomic E-state index is -0.724. The topological polar surface area (TPSA) is 49.8 Å². The van der Waals surface area contributed by atoms with Gasteiger partial charge in [-0.25, -0.2) is 0 Å². The molecule has 1 heterocycles. The zero-order valence-corrected chi connectivity index (χ0v) is 8.32. The summed E-state index contributed by atoms with van der Waals surface area (Å²) in [6.45, 7) is 2.44. The van der Waals surface area contributed by atoms with Crippen LogP contribution in [-0.2, 0) is 9.53 Å². The zero-order chi connectivity index (χ0) is 9.97. The Bertz CT molecular complexity index is 219. The van der Waals surface area contributed by atoms with E-state index in [2.05, 4.69) is 4.90 Å². The molecule has 80 valence electrons. The minimum Gasteiger partial charge on any atom is -0.480 e. The molecule has 0 spiro atoms. The number of rotatable bonds is 2. The summed E-state index contributed by atoms with van der Waals surface area (Å²) < 4.78 is 5.49. The van der Waals surface area contributed by atoms with E-state index in [-0.39, 0.29) is 6.54 Å². The van der Waals surface area contributed by atoms with Gasteiger partial charge in [0.1, 0.15) is 0 Å². The number of hydrogen-bond donors (Lipinski definition) is 1. The summed E-state index contributed by atoms with van der Waals surface area (Å²) in [5, 5.41) is 8.80. The maximum absolute atomic E-state index is 10.7. The van der Waals surface area contributed by atoms with Gasteiger partial charge in [0.25, 0.3) is 0 Å². The number of carbonyl (C=O) groups is 1. The van der Waals surface area contributed by atoms with Gasteiger partial charge in [0, 0.05) is 12.6 Å². The Morgan fingerprint density at radius 3 is 3.14 bits per heavy atom. The van der Waals surface area contributed by atoms with Crippen LogP contribution in [0.1, 0.15) is 19.3 Å². The highest BCUT2D eigenvalue weighted by atomic mass is 16.5. The molecule has 14 heavy (non-hydrogen) atoms. The lowest BCUT2D eigenvalue weighted by molar-refractivity contribution is -0.139. The second kappa shape index (κ2) is 4.28. The third-order valence-corrected chi connectivity index (χ3v) is 3.28. The van der Waals surface area contributed by atoms with Crippen molar-refractivity contribution in [2.24, 2.45) is 5.92 Å². The first kappa shape index (κ1) is 9.93. The Morgan fingerprint density at radius 1 is 1.50 bits per heavy atom. The molecule has 1 saturated carbocycles. The van der Waals surface area contributed by atoms with Crippen molar-refractivity contribution in [3.05, 3.63) is 0 Å². The Morgan fingerprint density at radius 2 is 2.36 bits per heavy atom. The Labute approximate surface area is 83.8 Å². The highest BCUT2D eigenvalue weighted by molar-refractivity contribution is 5.69. The number of carboxylic acids is 1. The van der Waals surface area contributed by atoms with Crippen LogP contribution in [0.15, 0.2) is 0 Å². The summed E-state index contributed by atoms with van der Waals surface area (Å²) in [4.78, 5) is 12.8. The van der Waals surface area contributed by atoms with Gasteiger partial charge in [0.15, 0.2) is 0 Å². The molecule has 0 bridgehead atoms. The Hall–Kier alpha value is -0.610. The Balaban J connectivity index is 2.01. The average molecular weight is 199 g/mol. The molecule has 2 rings (SSSR count). The average Bonchev–Trinajstić information content (AvgIpc) is 2.51. The molecule has 2 aliphatic rings. The highest BCUT2D eigenvalue weighted by Crippen LogP contribution is 2.31. The van der Waals surface area contributed by atoms with Crippen molar-refractivity contribution < 1.29 is 14.6 Å². The second-order valence-corrected chi connectivity index (χ2v) is 4.20. The molecule has 1 N–H and O–H groups in total. The molecule has 4 nitrogen and oxygen atoms in total. The van der Waals surface area contributed by atoms with Crippen molar-refractivity contribution in [3.63, 3.8) is 0 Å². The lowest BCUT2D eigenvalue weighted by atomic mass is 10.0. The number of carboxylic acid groups (broad SMARTS) is 1. The van der Waals surface area contributed by atoms with Gasteiger partial charge in [0.05, 0.1) is 19.8 Å². The summed E-state index contributed by atoms with van der Waals surface area (Å²) in [5.74, 6) is -0.158. The van der Waals surface area contributed by atoms with Crippen molar-refractivity contribution in [1.29, 1.82) is 0 Å². The molecule has 0 aromatic rings. The summed E-state index contributed by atoms with van der Waals surface area (Å²) in [7, 11) is 0. The van der Waals surface area contributed by atoms with E-state index in [1.807, 2.05) is 0 Å². The van der Waals surface area contributed by atoms with Gasteiger partial charge in [-0.2, -0.15) is 0 Å². The quantitative estimate of drug-likeness (QED) is 0.706. The molecule has 1 aliphatic heterocycles. The van der Waals surface area contributed by atoms with Crippen LogP contribution in [-0.4, -0.2) is 48.3 Å². The van der Waals surface area contributed by atoms with E-state index in [1.165, 1.54) is 12.8 Å². The van der Waals surface area contributed by atoms with E-state index < -0.39 is 5.97 Å². The third-order valence-electron chi connectivity index (χ3n) is 3.28. The number of nitrogens with zero attached hydrogens (tertiary/aromatic N) is 1. The van der Waals surface area contributed by atoms with E-state index in [1.54, 1.807) is 0 Å². The van der Waals surface area contributed by atoms with Gasteiger partial charge in [0.2, 0.25) is 0 Å². The van der Waals surface area contributed by atoms with Crippen LogP contribution in [0.2, 0.25) is 0 Å². The van der Waals surface area contributed by atoms with E-state index in [0.29, 0.717) is 18.6 Å². The van der Waals surface area contributed by atoms with E-state index in [0.717, 1.165) is 19.6 Å². The lowest BCUT2D eigenvalue weighted by Gasteiger charge is -2.27. The fourth-order valence-electron chi connectivity index (χ4n) is 2.64. The summed E-state index contributed by atoms with van der Waals surface area (Å²) >= 11 is 0. The number of aliphatic carboxylic acids is 1. The molecule has 0 radical (unpaired) electrons. The molecule has 0 aromatic heterocycles. The number of hydrogen-bond acceptors (Lipinski definition) is 3. The summed E-state index contributed by atoms with van der Waals surface area (Å²) in [5.41, 5.74) is 0. The van der Waals surface area contributed by atoms with E-state index in [9.17, 15) is 4.79 Å². The molecular weight excluding hydrogens is 182 g/mol. The molecule has 4 heteroatoms. The summed E-state index contributed by atoms with van der Waals surface area (Å²) in [6.07, 6.45) is 3.55. The van der Waals surface area contributed by atoms with Crippen LogP contribution in [0, 0.1) is 5.92 Å². The minimum absolute atomic E-state index is 0.171. The first-order valence-corrected chi connectivity index (χ1v) is 5.31. The van der Waals surface area contributed by atoms with Crippen molar-refractivity contribution in [3.8, 4) is 0 Å². The van der Waals surface area contributed by atoms with Crippen LogP contribution in [0.5, 0.6) is 0 Å². The first-order chi connectivity index (χ1) is 6.77. The molecular formula is C10H17NO3. The number of fused-ring (bicyclic) bond motifs is 1. The van der Waals surface area contributed by atoms with Crippen LogP contribution >= 0.6 is 0 Å². The van der Waals surface area contributed by atoms with Crippen LogP contribution < -0.4 is 0 Å². The predicted molar refractivity (Wildman–Crippen MR) is 51.2 cm³/mol. The van der Waals surface area contributed by atoms with Gasteiger partial charge < -0.3 is 9.84 Å². The fraction of sp³-hybridized carbons (Fsp3) is 0.900. The fourth-order valence-corrected chi connectivity index (χ4v) is 2.64. The van der Waals surface area contributed by atoms with Gasteiger partial charge in [-0.1, -0.05) is 6.42 Å². The van der Waals surface area contributed by atoms with Gasteiger partial charge in [-0.15, -0.1) is 0 Å². The zero-order valence-electron chi connectivity index (χ0n) is 8.32. The lowest BCUT2D eigenvalue weighted by Crippen LogP contribution is -2.41. The van der Waals surface area contributed by atoms with Crippen LogP contribution in [0.3, 0.4) is 0 Å². The second-order valence-electron chi connectivity index (χ2n) is 4.20. The Kier molecular flexibility index (Phi) is 3.03. The van der Waals surface area contributed by atoms with Crippen LogP contribution in [0.4, 0.5) is 0 Å². The van der Waals surface area contributed by atoms with Crippen molar-refractivity contribution in [2.75, 3.05) is 26.3 Å². The van der Waals surface area contributed by atoms with Crippen molar-refractivity contribution in [2.45, 2.75) is 25.3 Å². The molecule has 1 saturated heterocycles. The van der Waals surface area contributed by atoms with Gasteiger partial charge in [-0.05, 0) is 18.8 Å². The molecule has 2 atom stereocenters. The largest absolute Gasteiger partial charge is 0.480 e. The number of ether oxygens (including phenoxy) is 1. The standard InChI is InChI=1S/C10H17NO3/c12-10(13)6-11-4-5-14-7-8-2-1-3-9(8)11/h8-9H,1-7H2,(H,12,13)/t8-,9+/m0/s1. The molecule has 2 fully saturated rings. The van der Waals surface area contributed by atoms with E-state index in [4.69, 9.17) is 9.84 Å². The van der Waals surface area contributed by atoms with Crippen molar-refractivity contribution in [1.82, 2.24) is 4.90 Å². The molecule has 0 aromatic carbocycles. The SMILES string of the molecule is O=C(O)CN1CCOC[C@@H]2CCC[C@H]21. The maximum atomic E-state index is 10.7. The molecule has 0 amide bonds.